The Morgan fingerprint density at radius 1 is 1.24 bits per heavy atom. The predicted octanol–water partition coefficient (Wildman–Crippen LogP) is 3.02. The second kappa shape index (κ2) is 4.45. The Balaban J connectivity index is 1.81. The Labute approximate surface area is 105 Å². The smallest absolute Gasteiger partial charge is 0.208 e. The minimum atomic E-state index is 0.669. The molecule has 0 unspecified atom stereocenters. The van der Waals surface area contributed by atoms with Gasteiger partial charge in [0.2, 0.25) is 5.13 Å². The molecule has 4 heteroatoms. The fraction of sp³-hybridized carbons (Fsp3) is 0.385. The van der Waals surface area contributed by atoms with Crippen LogP contribution in [-0.4, -0.2) is 16.2 Å². The topological polar surface area (TPSA) is 29.0 Å². The van der Waals surface area contributed by atoms with Gasteiger partial charge < -0.3 is 4.90 Å². The molecule has 0 radical (unpaired) electrons. The third-order valence-electron chi connectivity index (χ3n) is 2.94. The van der Waals surface area contributed by atoms with Gasteiger partial charge in [-0.15, -0.1) is 10.2 Å². The zero-order valence-electron chi connectivity index (χ0n) is 9.84. The van der Waals surface area contributed by atoms with Crippen molar-refractivity contribution in [3.8, 4) is 0 Å². The SMILES string of the molecule is Cc1nnc(N(Cc2ccccc2)C2CC2)s1. The number of aromatic nitrogens is 2. The normalized spacial score (nSPS) is 14.9. The number of aryl methyl sites for hydroxylation is 1. The van der Waals surface area contributed by atoms with Crippen molar-refractivity contribution >= 4 is 16.5 Å². The largest absolute Gasteiger partial charge is 0.339 e. The quantitative estimate of drug-likeness (QED) is 0.829. The highest BCUT2D eigenvalue weighted by Crippen LogP contribution is 2.34. The zero-order valence-corrected chi connectivity index (χ0v) is 10.7. The number of hydrogen-bond donors (Lipinski definition) is 0. The minimum absolute atomic E-state index is 0.669. The molecule has 0 aliphatic heterocycles. The summed E-state index contributed by atoms with van der Waals surface area (Å²) in [5.74, 6) is 0. The van der Waals surface area contributed by atoms with E-state index < -0.39 is 0 Å². The van der Waals surface area contributed by atoms with Gasteiger partial charge in [-0.05, 0) is 25.3 Å². The molecular weight excluding hydrogens is 230 g/mol. The number of anilines is 1. The van der Waals surface area contributed by atoms with Crippen LogP contribution in [0.25, 0.3) is 0 Å². The first-order valence-electron chi connectivity index (χ1n) is 5.93. The third-order valence-corrected chi connectivity index (χ3v) is 3.82. The van der Waals surface area contributed by atoms with Gasteiger partial charge in [0.25, 0.3) is 0 Å². The van der Waals surface area contributed by atoms with Gasteiger partial charge in [0.15, 0.2) is 0 Å². The fourth-order valence-electron chi connectivity index (χ4n) is 1.92. The molecule has 1 aromatic carbocycles. The van der Waals surface area contributed by atoms with Crippen molar-refractivity contribution in [1.29, 1.82) is 0 Å². The highest BCUT2D eigenvalue weighted by molar-refractivity contribution is 7.15. The molecule has 2 aromatic rings. The van der Waals surface area contributed by atoms with Crippen molar-refractivity contribution in [2.45, 2.75) is 32.4 Å². The van der Waals surface area contributed by atoms with Crippen LogP contribution >= 0.6 is 11.3 Å². The first kappa shape index (κ1) is 10.7. The molecule has 0 amide bonds. The standard InChI is InChI=1S/C13H15N3S/c1-10-14-15-13(17-10)16(12-7-8-12)9-11-5-3-2-4-6-11/h2-6,12H,7-9H2,1H3. The van der Waals surface area contributed by atoms with Crippen LogP contribution in [0.1, 0.15) is 23.4 Å². The lowest BCUT2D eigenvalue weighted by atomic mass is 10.2. The summed E-state index contributed by atoms with van der Waals surface area (Å²) >= 11 is 1.69. The van der Waals surface area contributed by atoms with Crippen LogP contribution in [0.5, 0.6) is 0 Å². The molecule has 0 saturated heterocycles. The van der Waals surface area contributed by atoms with Crippen molar-refractivity contribution in [1.82, 2.24) is 10.2 Å². The van der Waals surface area contributed by atoms with Crippen LogP contribution in [0.2, 0.25) is 0 Å². The van der Waals surface area contributed by atoms with E-state index in [0.717, 1.165) is 16.7 Å². The van der Waals surface area contributed by atoms with Crippen LogP contribution in [0, 0.1) is 6.92 Å². The predicted molar refractivity (Wildman–Crippen MR) is 70.3 cm³/mol. The van der Waals surface area contributed by atoms with Crippen molar-refractivity contribution in [2.24, 2.45) is 0 Å². The summed E-state index contributed by atoms with van der Waals surface area (Å²) in [4.78, 5) is 2.39. The molecule has 1 heterocycles. The lowest BCUT2D eigenvalue weighted by molar-refractivity contribution is 0.780. The Morgan fingerprint density at radius 3 is 2.59 bits per heavy atom. The third kappa shape index (κ3) is 2.47. The molecule has 88 valence electrons. The van der Waals surface area contributed by atoms with Gasteiger partial charge in [0.05, 0.1) is 0 Å². The zero-order chi connectivity index (χ0) is 11.7. The van der Waals surface area contributed by atoms with Crippen LogP contribution in [0.15, 0.2) is 30.3 Å². The first-order valence-corrected chi connectivity index (χ1v) is 6.75. The van der Waals surface area contributed by atoms with Gasteiger partial charge in [0.1, 0.15) is 5.01 Å². The molecule has 1 aromatic heterocycles. The molecule has 1 fully saturated rings. The average Bonchev–Trinajstić information content (AvgIpc) is 3.10. The van der Waals surface area contributed by atoms with Crippen LogP contribution in [-0.2, 0) is 6.54 Å². The summed E-state index contributed by atoms with van der Waals surface area (Å²) < 4.78 is 0. The van der Waals surface area contributed by atoms with Gasteiger partial charge in [0, 0.05) is 12.6 Å². The highest BCUT2D eigenvalue weighted by Gasteiger charge is 2.31. The summed E-state index contributed by atoms with van der Waals surface area (Å²) in [6.07, 6.45) is 2.57. The molecule has 0 spiro atoms. The number of hydrogen-bond acceptors (Lipinski definition) is 4. The Bertz CT molecular complexity index is 490. The Hall–Kier alpha value is -1.42. The minimum Gasteiger partial charge on any atom is -0.339 e. The Kier molecular flexibility index (Phi) is 2.81. The molecule has 1 aliphatic rings. The highest BCUT2D eigenvalue weighted by atomic mass is 32.1. The van der Waals surface area contributed by atoms with Gasteiger partial charge in [-0.3, -0.25) is 0 Å². The van der Waals surface area contributed by atoms with E-state index in [4.69, 9.17) is 0 Å². The van der Waals surface area contributed by atoms with Crippen LogP contribution < -0.4 is 4.90 Å². The summed E-state index contributed by atoms with van der Waals surface area (Å²) in [5, 5.41) is 10.5. The van der Waals surface area contributed by atoms with E-state index in [1.807, 2.05) is 6.92 Å². The average molecular weight is 245 g/mol. The fourth-order valence-corrected chi connectivity index (χ4v) is 2.68. The number of nitrogens with zero attached hydrogens (tertiary/aromatic N) is 3. The molecule has 0 atom stereocenters. The van der Waals surface area contributed by atoms with Gasteiger partial charge in [-0.1, -0.05) is 41.7 Å². The molecule has 0 bridgehead atoms. The van der Waals surface area contributed by atoms with E-state index in [0.29, 0.717) is 6.04 Å². The number of benzene rings is 1. The maximum Gasteiger partial charge on any atom is 0.208 e. The van der Waals surface area contributed by atoms with Crippen LogP contribution in [0.3, 0.4) is 0 Å². The van der Waals surface area contributed by atoms with Gasteiger partial charge in [-0.2, -0.15) is 0 Å². The van der Waals surface area contributed by atoms with E-state index in [1.165, 1.54) is 18.4 Å². The van der Waals surface area contributed by atoms with E-state index in [1.54, 1.807) is 11.3 Å². The second-order valence-electron chi connectivity index (χ2n) is 4.45. The molecule has 0 N–H and O–H groups in total. The van der Waals surface area contributed by atoms with E-state index >= 15 is 0 Å². The van der Waals surface area contributed by atoms with Crippen molar-refractivity contribution < 1.29 is 0 Å². The molecule has 17 heavy (non-hydrogen) atoms. The summed E-state index contributed by atoms with van der Waals surface area (Å²) in [5.41, 5.74) is 1.34. The lowest BCUT2D eigenvalue weighted by Crippen LogP contribution is -2.24. The monoisotopic (exact) mass is 245 g/mol. The van der Waals surface area contributed by atoms with Crippen molar-refractivity contribution in [3.63, 3.8) is 0 Å². The van der Waals surface area contributed by atoms with E-state index in [9.17, 15) is 0 Å². The van der Waals surface area contributed by atoms with Crippen molar-refractivity contribution in [2.75, 3.05) is 4.90 Å². The van der Waals surface area contributed by atoms with Gasteiger partial charge in [-0.25, -0.2) is 0 Å². The van der Waals surface area contributed by atoms with Gasteiger partial charge >= 0.3 is 0 Å². The van der Waals surface area contributed by atoms with Crippen molar-refractivity contribution in [3.05, 3.63) is 40.9 Å². The molecule has 1 saturated carbocycles. The summed E-state index contributed by atoms with van der Waals surface area (Å²) in [6, 6.07) is 11.2. The van der Waals surface area contributed by atoms with Crippen LogP contribution in [0.4, 0.5) is 5.13 Å². The maximum absolute atomic E-state index is 4.27. The number of rotatable bonds is 4. The first-order chi connectivity index (χ1) is 8.33. The summed E-state index contributed by atoms with van der Waals surface area (Å²) in [6.45, 7) is 2.95. The lowest BCUT2D eigenvalue weighted by Gasteiger charge is -2.20. The maximum atomic E-state index is 4.27. The second-order valence-corrected chi connectivity index (χ2v) is 5.61. The Morgan fingerprint density at radius 2 is 2.00 bits per heavy atom. The molecular formula is C13H15N3S. The molecule has 1 aliphatic carbocycles. The molecule has 3 rings (SSSR count). The summed E-state index contributed by atoms with van der Waals surface area (Å²) in [7, 11) is 0. The molecule has 3 nitrogen and oxygen atoms in total. The van der Waals surface area contributed by atoms with E-state index in [-0.39, 0.29) is 0 Å². The van der Waals surface area contributed by atoms with E-state index in [2.05, 4.69) is 45.4 Å².